The number of nitrogens with one attached hydrogen (secondary N) is 2. The molecule has 1 aromatic carbocycles. The molecule has 2 bridgehead atoms. The van der Waals surface area contributed by atoms with Crippen molar-refractivity contribution in [3.05, 3.63) is 36.5 Å². The van der Waals surface area contributed by atoms with Gasteiger partial charge in [0.05, 0.1) is 11.2 Å². The van der Waals surface area contributed by atoms with Crippen LogP contribution in [-0.2, 0) is 4.79 Å². The Bertz CT molecular complexity index is 682. The van der Waals surface area contributed by atoms with Crippen LogP contribution in [0.15, 0.2) is 36.5 Å². The first-order chi connectivity index (χ1) is 10.8. The number of amides is 1. The summed E-state index contributed by atoms with van der Waals surface area (Å²) >= 11 is 0. The zero-order valence-electron chi connectivity index (χ0n) is 12.6. The highest BCUT2D eigenvalue weighted by atomic mass is 16.1. The second kappa shape index (κ2) is 5.69. The van der Waals surface area contributed by atoms with Crippen LogP contribution >= 0.6 is 0 Å². The van der Waals surface area contributed by atoms with Crippen molar-refractivity contribution >= 4 is 22.5 Å². The van der Waals surface area contributed by atoms with E-state index in [4.69, 9.17) is 0 Å². The van der Waals surface area contributed by atoms with E-state index >= 15 is 0 Å². The zero-order chi connectivity index (χ0) is 14.9. The summed E-state index contributed by atoms with van der Waals surface area (Å²) in [5.41, 5.74) is 1.78. The minimum Gasteiger partial charge on any atom is -0.325 e. The number of aromatic nitrogens is 1. The molecule has 1 aromatic heterocycles. The molecule has 1 amide bonds. The molecule has 114 valence electrons. The third kappa shape index (κ3) is 2.71. The smallest absolute Gasteiger partial charge is 0.224 e. The molecule has 4 rings (SSSR count). The molecule has 3 heterocycles. The summed E-state index contributed by atoms with van der Waals surface area (Å²) in [6.07, 6.45) is 7.24. The van der Waals surface area contributed by atoms with Crippen molar-refractivity contribution in [2.45, 2.75) is 44.2 Å². The maximum atomic E-state index is 12.4. The summed E-state index contributed by atoms with van der Waals surface area (Å²) in [5.74, 6) is 0.648. The van der Waals surface area contributed by atoms with Crippen molar-refractivity contribution in [2.24, 2.45) is 5.92 Å². The molecule has 22 heavy (non-hydrogen) atoms. The Morgan fingerprint density at radius 1 is 1.18 bits per heavy atom. The first-order valence-electron chi connectivity index (χ1n) is 8.17. The van der Waals surface area contributed by atoms with Crippen LogP contribution in [0.25, 0.3) is 10.9 Å². The molecule has 2 aliphatic heterocycles. The van der Waals surface area contributed by atoms with Gasteiger partial charge in [-0.1, -0.05) is 6.07 Å². The lowest BCUT2D eigenvalue weighted by Crippen LogP contribution is -2.39. The summed E-state index contributed by atoms with van der Waals surface area (Å²) in [5, 5.41) is 7.71. The lowest BCUT2D eigenvalue weighted by molar-refractivity contribution is -0.117. The number of hydrogen-bond donors (Lipinski definition) is 2. The molecule has 4 nitrogen and oxygen atoms in total. The average molecular weight is 295 g/mol. The minimum absolute atomic E-state index is 0.127. The van der Waals surface area contributed by atoms with Gasteiger partial charge in [-0.25, -0.2) is 0 Å². The number of rotatable bonds is 3. The fourth-order valence-electron chi connectivity index (χ4n) is 4.02. The van der Waals surface area contributed by atoms with Gasteiger partial charge in [0.15, 0.2) is 0 Å². The standard InChI is InChI=1S/C18H21N3O/c22-18(11-12-9-13-6-7-14(10-12)20-13)21-17-5-1-4-16-15(17)3-2-8-19-16/h1-5,8,12-14,20H,6-7,9-11H2,(H,21,22). The maximum Gasteiger partial charge on any atom is 0.224 e. The molecule has 2 aliphatic rings. The predicted octanol–water partition coefficient (Wildman–Crippen LogP) is 3.09. The Labute approximate surface area is 130 Å². The topological polar surface area (TPSA) is 54.0 Å². The van der Waals surface area contributed by atoms with Gasteiger partial charge in [-0.05, 0) is 55.9 Å². The molecule has 0 spiro atoms. The van der Waals surface area contributed by atoms with E-state index < -0.39 is 0 Å². The van der Waals surface area contributed by atoms with Crippen LogP contribution in [0, 0.1) is 5.92 Å². The Kier molecular flexibility index (Phi) is 3.54. The normalized spacial score (nSPS) is 27.0. The van der Waals surface area contributed by atoms with Crippen LogP contribution in [0.2, 0.25) is 0 Å². The Balaban J connectivity index is 1.45. The van der Waals surface area contributed by atoms with Crippen LogP contribution < -0.4 is 10.6 Å². The van der Waals surface area contributed by atoms with Gasteiger partial charge in [-0.3, -0.25) is 9.78 Å². The van der Waals surface area contributed by atoms with Gasteiger partial charge in [0, 0.05) is 30.1 Å². The largest absolute Gasteiger partial charge is 0.325 e. The molecule has 2 fully saturated rings. The van der Waals surface area contributed by atoms with Crippen molar-refractivity contribution in [1.29, 1.82) is 0 Å². The van der Waals surface area contributed by atoms with Crippen molar-refractivity contribution in [3.63, 3.8) is 0 Å². The molecule has 0 saturated carbocycles. The van der Waals surface area contributed by atoms with E-state index in [1.54, 1.807) is 6.20 Å². The first-order valence-corrected chi connectivity index (χ1v) is 8.17. The molecule has 4 heteroatoms. The van der Waals surface area contributed by atoms with Crippen molar-refractivity contribution in [3.8, 4) is 0 Å². The fourth-order valence-corrected chi connectivity index (χ4v) is 4.02. The van der Waals surface area contributed by atoms with E-state index in [-0.39, 0.29) is 5.91 Å². The number of hydrogen-bond acceptors (Lipinski definition) is 3. The SMILES string of the molecule is O=C(CC1CC2CCC(C1)N2)Nc1cccc2ncccc12. The number of benzene rings is 1. The number of carbonyl (C=O) groups is 1. The predicted molar refractivity (Wildman–Crippen MR) is 87.7 cm³/mol. The maximum absolute atomic E-state index is 12.4. The van der Waals surface area contributed by atoms with Gasteiger partial charge in [0.25, 0.3) is 0 Å². The van der Waals surface area contributed by atoms with E-state index in [1.807, 2.05) is 30.3 Å². The van der Waals surface area contributed by atoms with Gasteiger partial charge in [-0.15, -0.1) is 0 Å². The lowest BCUT2D eigenvalue weighted by atomic mass is 9.89. The summed E-state index contributed by atoms with van der Waals surface area (Å²) in [6, 6.07) is 11.0. The summed E-state index contributed by atoms with van der Waals surface area (Å²) in [6.45, 7) is 0. The number of pyridine rings is 1. The molecule has 2 atom stereocenters. The number of piperidine rings is 1. The van der Waals surface area contributed by atoms with Crippen LogP contribution in [0.1, 0.15) is 32.1 Å². The quantitative estimate of drug-likeness (QED) is 0.915. The third-order valence-corrected chi connectivity index (χ3v) is 4.96. The van der Waals surface area contributed by atoms with Gasteiger partial charge >= 0.3 is 0 Å². The van der Waals surface area contributed by atoms with E-state index in [0.717, 1.165) is 29.4 Å². The Morgan fingerprint density at radius 3 is 2.82 bits per heavy atom. The summed E-state index contributed by atoms with van der Waals surface area (Å²) < 4.78 is 0. The van der Waals surface area contributed by atoms with E-state index in [1.165, 1.54) is 12.8 Å². The van der Waals surface area contributed by atoms with Gasteiger partial charge in [-0.2, -0.15) is 0 Å². The van der Waals surface area contributed by atoms with Crippen LogP contribution in [-0.4, -0.2) is 23.0 Å². The second-order valence-electron chi connectivity index (χ2n) is 6.60. The van der Waals surface area contributed by atoms with Crippen LogP contribution in [0.4, 0.5) is 5.69 Å². The number of anilines is 1. The molecular weight excluding hydrogens is 274 g/mol. The highest BCUT2D eigenvalue weighted by molar-refractivity contribution is 6.00. The molecule has 0 radical (unpaired) electrons. The summed E-state index contributed by atoms with van der Waals surface area (Å²) in [4.78, 5) is 16.7. The van der Waals surface area contributed by atoms with Crippen molar-refractivity contribution < 1.29 is 4.79 Å². The van der Waals surface area contributed by atoms with Crippen LogP contribution in [0.5, 0.6) is 0 Å². The number of nitrogens with zero attached hydrogens (tertiary/aromatic N) is 1. The van der Waals surface area contributed by atoms with E-state index in [2.05, 4.69) is 15.6 Å². The van der Waals surface area contributed by atoms with Gasteiger partial charge in [0.2, 0.25) is 5.91 Å². The molecule has 2 saturated heterocycles. The number of fused-ring (bicyclic) bond motifs is 3. The molecule has 2 unspecified atom stereocenters. The molecule has 0 aliphatic carbocycles. The van der Waals surface area contributed by atoms with Crippen molar-refractivity contribution in [2.75, 3.05) is 5.32 Å². The monoisotopic (exact) mass is 295 g/mol. The minimum atomic E-state index is 0.127. The summed E-state index contributed by atoms with van der Waals surface area (Å²) in [7, 11) is 0. The fraction of sp³-hybridized carbons (Fsp3) is 0.444. The molecule has 2 aromatic rings. The van der Waals surface area contributed by atoms with E-state index in [9.17, 15) is 4.79 Å². The van der Waals surface area contributed by atoms with Crippen LogP contribution in [0.3, 0.4) is 0 Å². The Hall–Kier alpha value is -1.94. The third-order valence-electron chi connectivity index (χ3n) is 4.96. The Morgan fingerprint density at radius 2 is 2.00 bits per heavy atom. The lowest BCUT2D eigenvalue weighted by Gasteiger charge is -2.28. The van der Waals surface area contributed by atoms with E-state index in [0.29, 0.717) is 24.4 Å². The number of carbonyl (C=O) groups excluding carboxylic acids is 1. The first kappa shape index (κ1) is 13.7. The van der Waals surface area contributed by atoms with Crippen molar-refractivity contribution in [1.82, 2.24) is 10.3 Å². The van der Waals surface area contributed by atoms with Gasteiger partial charge in [0.1, 0.15) is 0 Å². The highest BCUT2D eigenvalue weighted by Gasteiger charge is 2.34. The van der Waals surface area contributed by atoms with Gasteiger partial charge < -0.3 is 10.6 Å². The zero-order valence-corrected chi connectivity index (χ0v) is 12.6. The molecular formula is C18H21N3O. The second-order valence-corrected chi connectivity index (χ2v) is 6.60. The highest BCUT2D eigenvalue weighted by Crippen LogP contribution is 2.33. The average Bonchev–Trinajstić information content (AvgIpc) is 2.86. The molecule has 2 N–H and O–H groups in total.